The van der Waals surface area contributed by atoms with Crippen LogP contribution in [0.4, 0.5) is 5.69 Å². The average Bonchev–Trinajstić information content (AvgIpc) is 2.65. The Balaban J connectivity index is 1.35. The highest BCUT2D eigenvalue weighted by Gasteiger charge is 2.41. The van der Waals surface area contributed by atoms with Gasteiger partial charge in [0.05, 0.1) is 5.92 Å². The van der Waals surface area contributed by atoms with E-state index in [1.54, 1.807) is 18.2 Å². The number of anilines is 1. The molecule has 2 saturated carbocycles. The largest absolute Gasteiger partial charge is 0.457 e. The van der Waals surface area contributed by atoms with Crippen LogP contribution in [-0.4, -0.2) is 30.0 Å². The molecule has 4 rings (SSSR count). The molecule has 1 N–H and O–H groups in total. The van der Waals surface area contributed by atoms with Crippen LogP contribution >= 0.6 is 0 Å². The van der Waals surface area contributed by atoms with Crippen molar-refractivity contribution in [1.29, 1.82) is 0 Å². The average molecular weight is 369 g/mol. The number of aryl methyl sites for hydroxylation is 1. The van der Waals surface area contributed by atoms with Crippen molar-refractivity contribution in [3.8, 4) is 0 Å². The van der Waals surface area contributed by atoms with Gasteiger partial charge in [0.2, 0.25) is 5.91 Å². The van der Waals surface area contributed by atoms with Crippen LogP contribution in [0.2, 0.25) is 0 Å². The summed E-state index contributed by atoms with van der Waals surface area (Å²) in [6.07, 6.45) is 4.90. The molecule has 27 heavy (non-hydrogen) atoms. The van der Waals surface area contributed by atoms with E-state index in [2.05, 4.69) is 5.32 Å². The number of fused-ring (bicyclic) bond motifs is 3. The number of esters is 1. The number of carbonyl (C=O) groups is 4. The van der Waals surface area contributed by atoms with Gasteiger partial charge in [0.1, 0.15) is 5.78 Å². The molecule has 3 aliphatic rings. The Kier molecular flexibility index (Phi) is 4.81. The molecule has 0 radical (unpaired) electrons. The molecule has 1 aromatic rings. The molecule has 2 bridgehead atoms. The number of nitrogens with one attached hydrogen (secondary N) is 1. The fourth-order valence-corrected chi connectivity index (χ4v) is 4.57. The fraction of sp³-hybridized carbons (Fsp3) is 0.524. The SMILES string of the molecule is O=C1CCc2cc(C(=O)COC(=O)C3CC4CCCC(C3)C4=O)ccc2N1. The van der Waals surface area contributed by atoms with Crippen LogP contribution in [0, 0.1) is 17.8 Å². The van der Waals surface area contributed by atoms with E-state index in [4.69, 9.17) is 4.74 Å². The van der Waals surface area contributed by atoms with Crippen LogP contribution in [0.1, 0.15) is 54.4 Å². The molecule has 2 atom stereocenters. The number of amides is 1. The van der Waals surface area contributed by atoms with Crippen molar-refractivity contribution < 1.29 is 23.9 Å². The Morgan fingerprint density at radius 1 is 1.07 bits per heavy atom. The van der Waals surface area contributed by atoms with E-state index in [-0.39, 0.29) is 42.0 Å². The third-order valence-corrected chi connectivity index (χ3v) is 6.05. The summed E-state index contributed by atoms with van der Waals surface area (Å²) >= 11 is 0. The molecule has 6 nitrogen and oxygen atoms in total. The van der Waals surface area contributed by atoms with Gasteiger partial charge in [0.15, 0.2) is 12.4 Å². The van der Waals surface area contributed by atoms with Gasteiger partial charge < -0.3 is 10.1 Å². The van der Waals surface area contributed by atoms with E-state index in [1.807, 2.05) is 0 Å². The Bertz CT molecular complexity index is 799. The van der Waals surface area contributed by atoms with Gasteiger partial charge in [-0.1, -0.05) is 6.42 Å². The number of ketones is 2. The molecule has 2 aliphatic carbocycles. The second-order valence-electron chi connectivity index (χ2n) is 7.85. The predicted octanol–water partition coefficient (Wildman–Crippen LogP) is 2.69. The van der Waals surface area contributed by atoms with Gasteiger partial charge in [-0.05, 0) is 55.9 Å². The van der Waals surface area contributed by atoms with E-state index in [1.165, 1.54) is 0 Å². The molecule has 1 aliphatic heterocycles. The number of hydrogen-bond acceptors (Lipinski definition) is 5. The van der Waals surface area contributed by atoms with E-state index >= 15 is 0 Å². The molecule has 0 aromatic heterocycles. The lowest BCUT2D eigenvalue weighted by Gasteiger charge is -2.36. The fourth-order valence-electron chi connectivity index (χ4n) is 4.57. The molecule has 142 valence electrons. The summed E-state index contributed by atoms with van der Waals surface area (Å²) in [7, 11) is 0. The number of benzene rings is 1. The van der Waals surface area contributed by atoms with E-state index in [0.29, 0.717) is 37.0 Å². The van der Waals surface area contributed by atoms with Gasteiger partial charge in [-0.15, -0.1) is 0 Å². The second kappa shape index (κ2) is 7.25. The minimum Gasteiger partial charge on any atom is -0.457 e. The zero-order valence-corrected chi connectivity index (χ0v) is 15.2. The van der Waals surface area contributed by atoms with E-state index in [9.17, 15) is 19.2 Å². The van der Waals surface area contributed by atoms with Crippen LogP contribution < -0.4 is 5.32 Å². The highest BCUT2D eigenvalue weighted by atomic mass is 16.5. The monoisotopic (exact) mass is 369 g/mol. The van der Waals surface area contributed by atoms with E-state index < -0.39 is 0 Å². The number of rotatable bonds is 4. The molecule has 1 amide bonds. The first-order chi connectivity index (χ1) is 13.0. The van der Waals surface area contributed by atoms with Gasteiger partial charge >= 0.3 is 5.97 Å². The summed E-state index contributed by atoms with van der Waals surface area (Å²) in [6, 6.07) is 5.12. The zero-order valence-electron chi connectivity index (χ0n) is 15.2. The number of Topliss-reactive ketones (excluding diaryl/α,β-unsaturated/α-hetero) is 2. The lowest BCUT2D eigenvalue weighted by atomic mass is 9.67. The maximum Gasteiger partial charge on any atom is 0.309 e. The number of carbonyl (C=O) groups excluding carboxylic acids is 4. The summed E-state index contributed by atoms with van der Waals surface area (Å²) in [5, 5.41) is 2.78. The van der Waals surface area contributed by atoms with Crippen LogP contribution in [0.25, 0.3) is 0 Å². The van der Waals surface area contributed by atoms with Crippen LogP contribution in [0.3, 0.4) is 0 Å². The van der Waals surface area contributed by atoms with Gasteiger partial charge in [-0.2, -0.15) is 0 Å². The molecule has 1 aromatic carbocycles. The first-order valence-corrected chi connectivity index (χ1v) is 9.67. The molecule has 6 heteroatoms. The molecule has 0 spiro atoms. The predicted molar refractivity (Wildman–Crippen MR) is 97.2 cm³/mol. The normalized spacial score (nSPS) is 26.7. The van der Waals surface area contributed by atoms with E-state index in [0.717, 1.165) is 30.5 Å². The van der Waals surface area contributed by atoms with Crippen LogP contribution in [0.5, 0.6) is 0 Å². The van der Waals surface area contributed by atoms with Crippen molar-refractivity contribution >= 4 is 29.1 Å². The van der Waals surface area contributed by atoms with Crippen molar-refractivity contribution in [2.45, 2.75) is 44.9 Å². The maximum absolute atomic E-state index is 12.4. The lowest BCUT2D eigenvalue weighted by Crippen LogP contribution is -2.39. The Morgan fingerprint density at radius 3 is 2.56 bits per heavy atom. The van der Waals surface area contributed by atoms with Gasteiger partial charge in [0.25, 0.3) is 0 Å². The van der Waals surface area contributed by atoms with Gasteiger partial charge in [-0.3, -0.25) is 19.2 Å². The Hall–Kier alpha value is -2.50. The highest BCUT2D eigenvalue weighted by Crippen LogP contribution is 2.40. The van der Waals surface area contributed by atoms with Gasteiger partial charge in [-0.25, -0.2) is 0 Å². The third-order valence-electron chi connectivity index (χ3n) is 6.05. The third kappa shape index (κ3) is 3.66. The topological polar surface area (TPSA) is 89.5 Å². The summed E-state index contributed by atoms with van der Waals surface area (Å²) in [5.41, 5.74) is 2.14. The molecular formula is C21H23NO5. The van der Waals surface area contributed by atoms with Crippen LogP contribution in [0.15, 0.2) is 18.2 Å². The molecule has 2 unspecified atom stereocenters. The minimum atomic E-state index is -0.363. The standard InChI is InChI=1S/C21H23NO5/c23-18(13-4-6-17-12(8-13)5-7-19(24)22-17)11-27-21(26)16-9-14-2-1-3-15(10-16)20(14)25/h4,6,8,14-16H,1-3,5,7,9-11H2,(H,22,24). The van der Waals surface area contributed by atoms with Crippen molar-refractivity contribution in [2.75, 3.05) is 11.9 Å². The quantitative estimate of drug-likeness (QED) is 0.651. The number of ether oxygens (including phenoxy) is 1. The zero-order chi connectivity index (χ0) is 19.0. The second-order valence-corrected chi connectivity index (χ2v) is 7.85. The van der Waals surface area contributed by atoms with Crippen molar-refractivity contribution in [3.05, 3.63) is 29.3 Å². The first kappa shape index (κ1) is 17.9. The van der Waals surface area contributed by atoms with Crippen molar-refractivity contribution in [3.63, 3.8) is 0 Å². The van der Waals surface area contributed by atoms with Crippen molar-refractivity contribution in [2.24, 2.45) is 17.8 Å². The molecule has 2 fully saturated rings. The summed E-state index contributed by atoms with van der Waals surface area (Å²) in [4.78, 5) is 48.4. The lowest BCUT2D eigenvalue weighted by molar-refractivity contribution is -0.152. The molecule has 1 heterocycles. The minimum absolute atomic E-state index is 0.0124. The smallest absolute Gasteiger partial charge is 0.309 e. The summed E-state index contributed by atoms with van der Waals surface area (Å²) in [5.74, 6) is -0.630. The van der Waals surface area contributed by atoms with Crippen LogP contribution in [-0.2, 0) is 25.5 Å². The molecular weight excluding hydrogens is 346 g/mol. The first-order valence-electron chi connectivity index (χ1n) is 9.67. The number of hydrogen-bond donors (Lipinski definition) is 1. The Morgan fingerprint density at radius 2 is 1.81 bits per heavy atom. The summed E-state index contributed by atoms with van der Waals surface area (Å²) < 4.78 is 5.29. The summed E-state index contributed by atoms with van der Waals surface area (Å²) in [6.45, 7) is -0.288. The highest BCUT2D eigenvalue weighted by molar-refractivity contribution is 6.00. The van der Waals surface area contributed by atoms with Gasteiger partial charge in [0, 0.05) is 29.5 Å². The maximum atomic E-state index is 12.4. The Labute approximate surface area is 157 Å². The van der Waals surface area contributed by atoms with Crippen molar-refractivity contribution in [1.82, 2.24) is 0 Å². The molecule has 0 saturated heterocycles.